The molecule has 2 unspecified atom stereocenters. The van der Waals surface area contributed by atoms with Gasteiger partial charge < -0.3 is 10.4 Å². The Bertz CT molecular complexity index is 731. The predicted molar refractivity (Wildman–Crippen MR) is 83.5 cm³/mol. The van der Waals surface area contributed by atoms with Gasteiger partial charge in [0.15, 0.2) is 0 Å². The minimum atomic E-state index is -0.509. The normalized spacial score (nSPS) is 28.2. The number of aromatic hydroxyl groups is 1. The number of phenols is 1. The first-order chi connectivity index (χ1) is 10.7. The molecular formula is C17H19N3O2. The fraction of sp³-hybridized carbons (Fsp3) is 0.412. The number of rotatable bonds is 1. The highest BCUT2D eigenvalue weighted by Gasteiger charge is 2.38. The van der Waals surface area contributed by atoms with Crippen LogP contribution in [-0.4, -0.2) is 28.1 Å². The zero-order valence-electron chi connectivity index (χ0n) is 12.2. The van der Waals surface area contributed by atoms with Gasteiger partial charge in [-0.05, 0) is 18.9 Å². The first-order valence-electron chi connectivity index (χ1n) is 7.87. The molecule has 5 nitrogen and oxygen atoms in total. The summed E-state index contributed by atoms with van der Waals surface area (Å²) in [7, 11) is 0. The van der Waals surface area contributed by atoms with Crippen molar-refractivity contribution >= 4 is 16.8 Å². The molecule has 3 atom stereocenters. The zero-order valence-corrected chi connectivity index (χ0v) is 12.2. The Hall–Kier alpha value is -2.14. The lowest BCUT2D eigenvalue weighted by Gasteiger charge is -2.40. The molecule has 114 valence electrons. The molecule has 22 heavy (non-hydrogen) atoms. The quantitative estimate of drug-likeness (QED) is 0.753. The molecule has 0 bridgehead atoms. The maximum absolute atomic E-state index is 12.4. The molecule has 1 saturated carbocycles. The van der Waals surface area contributed by atoms with Crippen LogP contribution in [0.25, 0.3) is 10.9 Å². The summed E-state index contributed by atoms with van der Waals surface area (Å²) in [5.74, 6) is 0.0359. The van der Waals surface area contributed by atoms with Crippen molar-refractivity contribution < 1.29 is 9.90 Å². The monoisotopic (exact) mass is 297 g/mol. The molecule has 1 aromatic carbocycles. The molecule has 5 heteroatoms. The Morgan fingerprint density at radius 3 is 2.82 bits per heavy atom. The average Bonchev–Trinajstić information content (AvgIpc) is 2.55. The molecule has 2 fully saturated rings. The molecule has 2 heterocycles. The van der Waals surface area contributed by atoms with Crippen molar-refractivity contribution in [3.63, 3.8) is 0 Å². The minimum Gasteiger partial charge on any atom is -0.505 e. The Labute approximate surface area is 128 Å². The van der Waals surface area contributed by atoms with Gasteiger partial charge >= 0.3 is 0 Å². The lowest BCUT2D eigenvalue weighted by molar-refractivity contribution is -0.127. The van der Waals surface area contributed by atoms with Crippen molar-refractivity contribution in [2.75, 3.05) is 0 Å². The molecule has 2 aromatic rings. The Kier molecular flexibility index (Phi) is 3.22. The van der Waals surface area contributed by atoms with Gasteiger partial charge in [-0.2, -0.15) is 0 Å². The molecular weight excluding hydrogens is 278 g/mol. The van der Waals surface area contributed by atoms with Crippen LogP contribution < -0.4 is 10.6 Å². The largest absolute Gasteiger partial charge is 0.505 e. The fourth-order valence-electron chi connectivity index (χ4n) is 3.67. The highest BCUT2D eigenvalue weighted by molar-refractivity contribution is 5.90. The van der Waals surface area contributed by atoms with Crippen molar-refractivity contribution in [1.82, 2.24) is 15.6 Å². The van der Waals surface area contributed by atoms with E-state index in [1.807, 2.05) is 24.3 Å². The van der Waals surface area contributed by atoms with Gasteiger partial charge in [0.25, 0.3) is 0 Å². The number of aromatic nitrogens is 1. The van der Waals surface area contributed by atoms with E-state index >= 15 is 0 Å². The van der Waals surface area contributed by atoms with Crippen LogP contribution in [0.3, 0.4) is 0 Å². The smallest absolute Gasteiger partial charge is 0.242 e. The first kappa shape index (κ1) is 13.5. The number of piperazine rings is 1. The number of fused-ring (bicyclic) bond motifs is 2. The van der Waals surface area contributed by atoms with Crippen LogP contribution in [0.1, 0.15) is 37.3 Å². The third-order valence-corrected chi connectivity index (χ3v) is 4.83. The van der Waals surface area contributed by atoms with E-state index < -0.39 is 6.04 Å². The minimum absolute atomic E-state index is 0.0614. The summed E-state index contributed by atoms with van der Waals surface area (Å²) < 4.78 is 0. The maximum atomic E-state index is 12.4. The SMILES string of the molecule is O=C1NC2CCCC[C@H]2NC1c1ccc2cccnc2c1O. The summed E-state index contributed by atoms with van der Waals surface area (Å²) >= 11 is 0. The molecule has 4 rings (SSSR count). The van der Waals surface area contributed by atoms with E-state index in [-0.39, 0.29) is 23.7 Å². The van der Waals surface area contributed by atoms with Gasteiger partial charge in [-0.1, -0.05) is 31.0 Å². The molecule has 1 aromatic heterocycles. The maximum Gasteiger partial charge on any atom is 0.242 e. The van der Waals surface area contributed by atoms with Gasteiger partial charge in [0.05, 0.1) is 0 Å². The first-order valence-corrected chi connectivity index (χ1v) is 7.87. The van der Waals surface area contributed by atoms with Gasteiger partial charge in [-0.3, -0.25) is 15.1 Å². The summed E-state index contributed by atoms with van der Waals surface area (Å²) in [4.78, 5) is 16.7. The number of carbonyl (C=O) groups excluding carboxylic acids is 1. The third kappa shape index (κ3) is 2.13. The summed E-state index contributed by atoms with van der Waals surface area (Å²) in [6.07, 6.45) is 6.09. The van der Waals surface area contributed by atoms with E-state index in [0.717, 1.165) is 18.2 Å². The van der Waals surface area contributed by atoms with Crippen molar-refractivity contribution in [2.24, 2.45) is 0 Å². The Morgan fingerprint density at radius 2 is 1.95 bits per heavy atom. The van der Waals surface area contributed by atoms with Crippen molar-refractivity contribution in [3.05, 3.63) is 36.0 Å². The topological polar surface area (TPSA) is 74.2 Å². The number of hydrogen-bond donors (Lipinski definition) is 3. The lowest BCUT2D eigenvalue weighted by atomic mass is 9.86. The molecule has 2 aliphatic rings. The number of phenolic OH excluding ortho intramolecular Hbond substituents is 1. The van der Waals surface area contributed by atoms with Gasteiger partial charge in [-0.25, -0.2) is 0 Å². The van der Waals surface area contributed by atoms with Crippen LogP contribution in [0, 0.1) is 0 Å². The number of hydrogen-bond acceptors (Lipinski definition) is 4. The highest BCUT2D eigenvalue weighted by atomic mass is 16.3. The summed E-state index contributed by atoms with van der Waals surface area (Å²) in [6, 6.07) is 7.45. The van der Waals surface area contributed by atoms with Crippen LogP contribution in [0.2, 0.25) is 0 Å². The van der Waals surface area contributed by atoms with Gasteiger partial charge in [0.2, 0.25) is 5.91 Å². The number of amides is 1. The van der Waals surface area contributed by atoms with E-state index in [9.17, 15) is 9.90 Å². The number of nitrogens with one attached hydrogen (secondary N) is 2. The lowest BCUT2D eigenvalue weighted by Crippen LogP contribution is -2.61. The van der Waals surface area contributed by atoms with Crippen molar-refractivity contribution in [3.8, 4) is 5.75 Å². The van der Waals surface area contributed by atoms with Crippen LogP contribution in [0.5, 0.6) is 5.75 Å². The van der Waals surface area contributed by atoms with Crippen LogP contribution in [0.4, 0.5) is 0 Å². The zero-order chi connectivity index (χ0) is 15.1. The average molecular weight is 297 g/mol. The molecule has 3 N–H and O–H groups in total. The number of pyridine rings is 1. The second kappa shape index (κ2) is 5.25. The number of carbonyl (C=O) groups is 1. The van der Waals surface area contributed by atoms with Crippen LogP contribution >= 0.6 is 0 Å². The summed E-state index contributed by atoms with van der Waals surface area (Å²) in [5, 5.41) is 17.9. The fourth-order valence-corrected chi connectivity index (χ4v) is 3.67. The summed E-state index contributed by atoms with van der Waals surface area (Å²) in [6.45, 7) is 0. The number of nitrogens with zero attached hydrogens (tertiary/aromatic N) is 1. The standard InChI is InChI=1S/C17H19N3O2/c21-16-11(8-7-10-4-3-9-18-14(10)16)15-17(22)20-13-6-2-1-5-12(13)19-15/h3-4,7-9,12-13,15,19,21H,1-2,5-6H2,(H,20,22)/t12-,13?,15?/m1/s1. The predicted octanol–water partition coefficient (Wildman–Crippen LogP) is 2.01. The molecule has 1 amide bonds. The highest BCUT2D eigenvalue weighted by Crippen LogP contribution is 2.34. The molecule has 1 aliphatic heterocycles. The van der Waals surface area contributed by atoms with Gasteiger partial charge in [0, 0.05) is 29.2 Å². The molecule has 0 radical (unpaired) electrons. The van der Waals surface area contributed by atoms with E-state index in [0.29, 0.717) is 11.1 Å². The van der Waals surface area contributed by atoms with Crippen molar-refractivity contribution in [2.45, 2.75) is 43.8 Å². The second-order valence-corrected chi connectivity index (χ2v) is 6.18. The molecule has 1 saturated heterocycles. The Morgan fingerprint density at radius 1 is 1.14 bits per heavy atom. The van der Waals surface area contributed by atoms with E-state index in [1.165, 1.54) is 12.8 Å². The van der Waals surface area contributed by atoms with E-state index in [4.69, 9.17) is 0 Å². The second-order valence-electron chi connectivity index (χ2n) is 6.18. The van der Waals surface area contributed by atoms with Gasteiger partial charge in [-0.15, -0.1) is 0 Å². The summed E-state index contributed by atoms with van der Waals surface area (Å²) in [5.41, 5.74) is 1.15. The van der Waals surface area contributed by atoms with Crippen LogP contribution in [-0.2, 0) is 4.79 Å². The van der Waals surface area contributed by atoms with Crippen LogP contribution in [0.15, 0.2) is 30.5 Å². The molecule has 0 spiro atoms. The van der Waals surface area contributed by atoms with E-state index in [2.05, 4.69) is 15.6 Å². The molecule has 1 aliphatic carbocycles. The van der Waals surface area contributed by atoms with E-state index in [1.54, 1.807) is 6.20 Å². The Balaban J connectivity index is 1.71. The van der Waals surface area contributed by atoms with Crippen molar-refractivity contribution in [1.29, 1.82) is 0 Å². The van der Waals surface area contributed by atoms with Gasteiger partial charge in [0.1, 0.15) is 17.3 Å². The third-order valence-electron chi connectivity index (χ3n) is 4.83. The number of benzene rings is 1.